The van der Waals surface area contributed by atoms with Gasteiger partial charge in [0.1, 0.15) is 0 Å². The van der Waals surface area contributed by atoms with E-state index in [1.165, 1.54) is 83.5 Å². The van der Waals surface area contributed by atoms with Crippen molar-refractivity contribution in [1.82, 2.24) is 5.32 Å². The first-order chi connectivity index (χ1) is 12.1. The number of hydrogen-bond acceptors (Lipinski definition) is 3. The Balaban J connectivity index is 3.12. The van der Waals surface area contributed by atoms with Gasteiger partial charge in [-0.1, -0.05) is 76.9 Å². The van der Waals surface area contributed by atoms with E-state index < -0.39 is 10.1 Å². The third-order valence-electron chi connectivity index (χ3n) is 4.40. The largest absolute Gasteiger partial charge is 0.316 e. The highest BCUT2D eigenvalue weighted by Crippen LogP contribution is 2.09. The molecule has 0 unspecified atom stereocenters. The second-order valence-electron chi connectivity index (χ2n) is 6.97. The van der Waals surface area contributed by atoms with Crippen LogP contribution in [0.3, 0.4) is 0 Å². The second-order valence-corrected chi connectivity index (χ2v) is 8.55. The van der Waals surface area contributed by atoms with E-state index in [0.29, 0.717) is 6.54 Å². The van der Waals surface area contributed by atoms with Gasteiger partial charge in [-0.05, 0) is 38.6 Å². The molecule has 0 heterocycles. The topological polar surface area (TPSA) is 66.4 Å². The molecule has 4 nitrogen and oxygen atoms in total. The summed E-state index contributed by atoms with van der Waals surface area (Å²) in [5, 5.41) is 3.04. The van der Waals surface area contributed by atoms with Gasteiger partial charge in [0.2, 0.25) is 0 Å². The first kappa shape index (κ1) is 24.6. The third-order valence-corrected chi connectivity index (χ3v) is 5.12. The van der Waals surface area contributed by atoms with Crippen molar-refractivity contribution in [2.75, 3.05) is 18.8 Å². The number of nitrogens with one attached hydrogen (secondary N) is 1. The monoisotopic (exact) mass is 375 g/mol. The smallest absolute Gasteiger partial charge is 0.266 e. The first-order valence-corrected chi connectivity index (χ1v) is 12.0. The molecule has 25 heavy (non-hydrogen) atoms. The van der Waals surface area contributed by atoms with Crippen LogP contribution in [0.5, 0.6) is 0 Å². The standard InChI is InChI=1S/C20H41NO3S/c1-2-3-4-5-6-7-8-9-10-11-12-13-14-15-16-17-18-21-19-20-25(22,23)24/h9-10,21H,2-8,11-20H2,1H3,(H,22,23,24). The molecule has 0 aliphatic carbocycles. The van der Waals surface area contributed by atoms with Gasteiger partial charge in [-0.3, -0.25) is 4.55 Å². The average molecular weight is 376 g/mol. The Kier molecular flexibility index (Phi) is 18.1. The van der Waals surface area contributed by atoms with Crippen LogP contribution in [-0.2, 0) is 10.1 Å². The van der Waals surface area contributed by atoms with Gasteiger partial charge in [0.15, 0.2) is 0 Å². The summed E-state index contributed by atoms with van der Waals surface area (Å²) < 4.78 is 29.6. The quantitative estimate of drug-likeness (QED) is 0.178. The molecule has 0 saturated carbocycles. The summed E-state index contributed by atoms with van der Waals surface area (Å²) >= 11 is 0. The van der Waals surface area contributed by atoms with Crippen molar-refractivity contribution in [3.8, 4) is 0 Å². The summed E-state index contributed by atoms with van der Waals surface area (Å²) in [4.78, 5) is 0. The van der Waals surface area contributed by atoms with Crippen LogP contribution in [0, 0.1) is 0 Å². The molecule has 0 fully saturated rings. The van der Waals surface area contributed by atoms with E-state index in [1.807, 2.05) is 0 Å². The van der Waals surface area contributed by atoms with Crippen LogP contribution in [0.15, 0.2) is 12.2 Å². The number of hydrogen-bond donors (Lipinski definition) is 2. The lowest BCUT2D eigenvalue weighted by Gasteiger charge is -2.03. The Bertz CT molecular complexity index is 394. The molecule has 5 heteroatoms. The van der Waals surface area contributed by atoms with Crippen molar-refractivity contribution in [1.29, 1.82) is 0 Å². The van der Waals surface area contributed by atoms with Crippen molar-refractivity contribution in [2.45, 2.75) is 96.8 Å². The Hall–Kier alpha value is -0.390. The molecule has 0 bridgehead atoms. The van der Waals surface area contributed by atoms with Crippen LogP contribution in [0.25, 0.3) is 0 Å². The van der Waals surface area contributed by atoms with Crippen LogP contribution >= 0.6 is 0 Å². The summed E-state index contributed by atoms with van der Waals surface area (Å²) in [6.07, 6.45) is 22.8. The SMILES string of the molecule is CCCCCCCCC=CCCCCCCCCNCCS(=O)(=O)O. The van der Waals surface area contributed by atoms with E-state index in [-0.39, 0.29) is 5.75 Å². The normalized spacial score (nSPS) is 12.2. The number of allylic oxidation sites excluding steroid dienone is 2. The van der Waals surface area contributed by atoms with Crippen molar-refractivity contribution < 1.29 is 13.0 Å². The molecule has 0 saturated heterocycles. The third kappa shape index (κ3) is 23.6. The minimum absolute atomic E-state index is 0.195. The average Bonchev–Trinajstić information content (AvgIpc) is 2.56. The zero-order valence-electron chi connectivity index (χ0n) is 16.3. The van der Waals surface area contributed by atoms with E-state index in [1.54, 1.807) is 0 Å². The molecule has 0 aliphatic rings. The molecule has 0 aromatic carbocycles. The van der Waals surface area contributed by atoms with Gasteiger partial charge in [0.05, 0.1) is 5.75 Å². The Morgan fingerprint density at radius 1 is 0.720 bits per heavy atom. The molecule has 0 amide bonds. The van der Waals surface area contributed by atoms with Gasteiger partial charge in [0.25, 0.3) is 10.1 Å². The summed E-state index contributed by atoms with van der Waals surface area (Å²) in [6.45, 7) is 3.43. The molecule has 0 rings (SSSR count). The van der Waals surface area contributed by atoms with Gasteiger partial charge in [-0.2, -0.15) is 8.42 Å². The van der Waals surface area contributed by atoms with Crippen molar-refractivity contribution >= 4 is 10.1 Å². The molecule has 150 valence electrons. The Labute approximate surface area is 156 Å². The van der Waals surface area contributed by atoms with Crippen LogP contribution in [0.4, 0.5) is 0 Å². The molecule has 0 spiro atoms. The number of unbranched alkanes of at least 4 members (excludes halogenated alkanes) is 12. The maximum absolute atomic E-state index is 10.5. The molecule has 0 radical (unpaired) electrons. The van der Waals surface area contributed by atoms with E-state index in [0.717, 1.165) is 13.0 Å². The van der Waals surface area contributed by atoms with Crippen molar-refractivity contribution in [3.05, 3.63) is 12.2 Å². The zero-order chi connectivity index (χ0) is 18.6. The first-order valence-electron chi connectivity index (χ1n) is 10.4. The molecular formula is C20H41NO3S. The fourth-order valence-electron chi connectivity index (χ4n) is 2.82. The van der Waals surface area contributed by atoms with Crippen molar-refractivity contribution in [2.24, 2.45) is 0 Å². The summed E-state index contributed by atoms with van der Waals surface area (Å²) in [5.74, 6) is -0.195. The molecular weight excluding hydrogens is 334 g/mol. The van der Waals surface area contributed by atoms with Gasteiger partial charge in [-0.15, -0.1) is 0 Å². The minimum atomic E-state index is -3.82. The molecule has 0 aromatic heterocycles. The fraction of sp³-hybridized carbons (Fsp3) is 0.900. The van der Waals surface area contributed by atoms with Gasteiger partial charge in [0, 0.05) is 6.54 Å². The maximum Gasteiger partial charge on any atom is 0.266 e. The highest BCUT2D eigenvalue weighted by atomic mass is 32.2. The molecule has 0 aromatic rings. The second kappa shape index (κ2) is 18.4. The van der Waals surface area contributed by atoms with E-state index >= 15 is 0 Å². The predicted molar refractivity (Wildman–Crippen MR) is 109 cm³/mol. The predicted octanol–water partition coefficient (Wildman–Crippen LogP) is 5.50. The molecule has 0 aliphatic heterocycles. The van der Waals surface area contributed by atoms with Gasteiger partial charge < -0.3 is 5.32 Å². The van der Waals surface area contributed by atoms with Gasteiger partial charge in [-0.25, -0.2) is 0 Å². The molecule has 0 atom stereocenters. The van der Waals surface area contributed by atoms with E-state index in [9.17, 15) is 8.42 Å². The van der Waals surface area contributed by atoms with E-state index in [4.69, 9.17) is 4.55 Å². The molecule has 2 N–H and O–H groups in total. The highest BCUT2D eigenvalue weighted by Gasteiger charge is 2.02. The lowest BCUT2D eigenvalue weighted by Crippen LogP contribution is -2.23. The van der Waals surface area contributed by atoms with Gasteiger partial charge >= 0.3 is 0 Å². The summed E-state index contributed by atoms with van der Waals surface area (Å²) in [5.41, 5.74) is 0. The maximum atomic E-state index is 10.5. The zero-order valence-corrected chi connectivity index (χ0v) is 17.2. The van der Waals surface area contributed by atoms with E-state index in [2.05, 4.69) is 24.4 Å². The van der Waals surface area contributed by atoms with Crippen LogP contribution < -0.4 is 5.32 Å². The lowest BCUT2D eigenvalue weighted by molar-refractivity contribution is 0.479. The lowest BCUT2D eigenvalue weighted by atomic mass is 10.1. The van der Waals surface area contributed by atoms with Crippen LogP contribution in [0.2, 0.25) is 0 Å². The number of rotatable bonds is 19. The van der Waals surface area contributed by atoms with Crippen LogP contribution in [-0.4, -0.2) is 31.8 Å². The Morgan fingerprint density at radius 3 is 1.72 bits per heavy atom. The minimum Gasteiger partial charge on any atom is -0.316 e. The fourth-order valence-corrected chi connectivity index (χ4v) is 3.23. The summed E-state index contributed by atoms with van der Waals surface area (Å²) in [7, 11) is -3.82. The summed E-state index contributed by atoms with van der Waals surface area (Å²) in [6, 6.07) is 0. The van der Waals surface area contributed by atoms with Crippen LogP contribution in [0.1, 0.15) is 96.8 Å². The highest BCUT2D eigenvalue weighted by molar-refractivity contribution is 7.85. The van der Waals surface area contributed by atoms with Crippen molar-refractivity contribution in [3.63, 3.8) is 0 Å². The Morgan fingerprint density at radius 2 is 1.20 bits per heavy atom.